The van der Waals surface area contributed by atoms with Crippen molar-refractivity contribution in [1.29, 1.82) is 0 Å². The van der Waals surface area contributed by atoms with Crippen molar-refractivity contribution in [2.24, 2.45) is 0 Å². The monoisotopic (exact) mass is 686 g/mol. The number of anilines is 1. The summed E-state index contributed by atoms with van der Waals surface area (Å²) in [6, 6.07) is 19.4. The molecular weight excluding hydrogens is 649 g/mol. The summed E-state index contributed by atoms with van der Waals surface area (Å²) in [4.78, 5) is 44.8. The minimum absolute atomic E-state index is 0.0930. The number of carbonyl (C=O) groups is 3. The normalized spacial score (nSPS) is 18.0. The maximum Gasteiger partial charge on any atom is 0.416 e. The highest BCUT2D eigenvalue weighted by Gasteiger charge is 2.45. The number of morpholine rings is 1. The van der Waals surface area contributed by atoms with Crippen LogP contribution in [0.5, 0.6) is 0 Å². The average molecular weight is 687 g/mol. The number of fused-ring (bicyclic) bond motifs is 1. The molecule has 6 rings (SSSR count). The van der Waals surface area contributed by atoms with Gasteiger partial charge in [-0.3, -0.25) is 24.2 Å². The Morgan fingerprint density at radius 2 is 1.70 bits per heavy atom. The Hall–Kier alpha value is -5.27. The van der Waals surface area contributed by atoms with Gasteiger partial charge in [0.15, 0.2) is 0 Å². The first kappa shape index (κ1) is 34.6. The van der Waals surface area contributed by atoms with Gasteiger partial charge in [0.05, 0.1) is 30.7 Å². The van der Waals surface area contributed by atoms with Crippen LogP contribution in [0, 0.1) is 0 Å². The molecule has 0 unspecified atom stereocenters. The molecule has 1 fully saturated rings. The molecule has 4 aromatic rings. The smallest absolute Gasteiger partial charge is 0.379 e. The molecule has 2 aliphatic heterocycles. The first-order valence-corrected chi connectivity index (χ1v) is 16.3. The molecule has 0 aliphatic carbocycles. The number of alkyl halides is 3. The van der Waals surface area contributed by atoms with Crippen molar-refractivity contribution in [2.45, 2.75) is 31.6 Å². The minimum Gasteiger partial charge on any atom is -0.379 e. The molecular formula is C37H37F3N6O4. The van der Waals surface area contributed by atoms with Crippen molar-refractivity contribution in [3.63, 3.8) is 0 Å². The van der Waals surface area contributed by atoms with Gasteiger partial charge in [-0.1, -0.05) is 55.1 Å². The summed E-state index contributed by atoms with van der Waals surface area (Å²) in [6.07, 6.45) is -3.01. The summed E-state index contributed by atoms with van der Waals surface area (Å²) < 4.78 is 47.7. The number of rotatable bonds is 10. The van der Waals surface area contributed by atoms with Gasteiger partial charge in [-0.15, -0.1) is 0 Å². The fourth-order valence-electron chi connectivity index (χ4n) is 6.46. The van der Waals surface area contributed by atoms with E-state index < -0.39 is 35.5 Å². The number of hydrogen-bond acceptors (Lipinski definition) is 6. The third kappa shape index (κ3) is 7.19. The van der Waals surface area contributed by atoms with E-state index in [9.17, 15) is 27.6 Å². The number of halogens is 3. The highest BCUT2D eigenvalue weighted by Crippen LogP contribution is 2.42. The molecule has 50 heavy (non-hydrogen) atoms. The Kier molecular flexibility index (Phi) is 10.2. The standard InChI is InChI=1S/C37H37F3N6O4/c1-3-45-35-30(22-42-46(35)28-13-5-4-6-14-28)31(32(36(45)49)43-34(48)25-11-9-12-27(20-25)37(38,39)40)29-15-8-7-10-26(29)21-41-33(47)24(2)23-44-16-18-50-19-17-44/h4-15,20,22,31-32H,2-3,16-19,21,23H2,1H3,(H,41,47)(H,43,48)/t31-,32+/m0/s1. The van der Waals surface area contributed by atoms with Crippen LogP contribution in [-0.2, 0) is 27.0 Å². The van der Waals surface area contributed by atoms with Crippen molar-refractivity contribution >= 4 is 23.5 Å². The van der Waals surface area contributed by atoms with Crippen LogP contribution < -0.4 is 15.5 Å². The van der Waals surface area contributed by atoms with E-state index in [0.29, 0.717) is 66.6 Å². The first-order valence-electron chi connectivity index (χ1n) is 16.3. The molecule has 2 aliphatic rings. The summed E-state index contributed by atoms with van der Waals surface area (Å²) in [6.45, 7) is 9.08. The molecule has 1 aromatic heterocycles. The highest BCUT2D eigenvalue weighted by atomic mass is 19.4. The van der Waals surface area contributed by atoms with Crippen LogP contribution in [0.15, 0.2) is 97.2 Å². The quantitative estimate of drug-likeness (QED) is 0.235. The van der Waals surface area contributed by atoms with Crippen molar-refractivity contribution in [2.75, 3.05) is 44.3 Å². The molecule has 1 saturated heterocycles. The van der Waals surface area contributed by atoms with Gasteiger partial charge >= 0.3 is 6.18 Å². The maximum atomic E-state index is 14.4. The second kappa shape index (κ2) is 14.7. The molecule has 2 atom stereocenters. The van der Waals surface area contributed by atoms with Gasteiger partial charge in [0.25, 0.3) is 11.8 Å². The topological polar surface area (TPSA) is 109 Å². The third-order valence-corrected chi connectivity index (χ3v) is 8.95. The SMILES string of the molecule is C=C(CN1CCOCC1)C(=O)NCc1ccccc1[C@H]1c2cnn(-c3ccccc3)c2N(CC)C(=O)[C@@H]1NC(=O)c1cccc(C(F)(F)F)c1. The van der Waals surface area contributed by atoms with E-state index in [1.807, 2.05) is 42.5 Å². The number of carbonyl (C=O) groups excluding carboxylic acids is 3. The summed E-state index contributed by atoms with van der Waals surface area (Å²) in [7, 11) is 0. The fraction of sp³-hybridized carbons (Fsp3) is 0.297. The van der Waals surface area contributed by atoms with Crippen LogP contribution >= 0.6 is 0 Å². The van der Waals surface area contributed by atoms with Gasteiger partial charge in [0, 0.05) is 55.3 Å². The third-order valence-electron chi connectivity index (χ3n) is 8.95. The Bertz CT molecular complexity index is 1890. The number of benzene rings is 3. The van der Waals surface area contributed by atoms with E-state index in [1.54, 1.807) is 29.9 Å². The lowest BCUT2D eigenvalue weighted by molar-refractivity contribution is -0.137. The predicted octanol–water partition coefficient (Wildman–Crippen LogP) is 4.69. The van der Waals surface area contributed by atoms with Gasteiger partial charge in [-0.05, 0) is 48.4 Å². The summed E-state index contributed by atoms with van der Waals surface area (Å²) in [5.41, 5.74) is 1.84. The van der Waals surface area contributed by atoms with Gasteiger partial charge in [-0.25, -0.2) is 4.68 Å². The Morgan fingerprint density at radius 3 is 2.42 bits per heavy atom. The van der Waals surface area contributed by atoms with E-state index >= 15 is 0 Å². The molecule has 2 N–H and O–H groups in total. The van der Waals surface area contributed by atoms with Crippen molar-refractivity contribution < 1.29 is 32.3 Å². The molecule has 0 saturated carbocycles. The first-order chi connectivity index (χ1) is 24.1. The van der Waals surface area contributed by atoms with Crippen LogP contribution in [0.4, 0.5) is 19.0 Å². The van der Waals surface area contributed by atoms with Crippen molar-refractivity contribution in [3.8, 4) is 5.69 Å². The number of likely N-dealkylation sites (N-methyl/N-ethyl adjacent to an activating group) is 1. The van der Waals surface area contributed by atoms with Crippen LogP contribution in [0.2, 0.25) is 0 Å². The number of para-hydroxylation sites is 1. The van der Waals surface area contributed by atoms with Crippen molar-refractivity contribution in [1.82, 2.24) is 25.3 Å². The zero-order valence-electron chi connectivity index (χ0n) is 27.5. The summed E-state index contributed by atoms with van der Waals surface area (Å²) in [5, 5.41) is 10.4. The number of hydrogen-bond donors (Lipinski definition) is 2. The molecule has 3 aromatic carbocycles. The van der Waals surface area contributed by atoms with Crippen LogP contribution in [0.1, 0.15) is 45.5 Å². The van der Waals surface area contributed by atoms with Crippen LogP contribution in [0.25, 0.3) is 5.69 Å². The molecule has 260 valence electrons. The van der Waals surface area contributed by atoms with Crippen LogP contribution in [0.3, 0.4) is 0 Å². The molecule has 3 heterocycles. The lowest BCUT2D eigenvalue weighted by Crippen LogP contribution is -2.55. The molecule has 0 bridgehead atoms. The van der Waals surface area contributed by atoms with Gasteiger partial charge in [-0.2, -0.15) is 18.3 Å². The van der Waals surface area contributed by atoms with Gasteiger partial charge in [0.1, 0.15) is 11.9 Å². The summed E-state index contributed by atoms with van der Waals surface area (Å²) in [5.74, 6) is -1.91. The molecule has 0 spiro atoms. The van der Waals surface area contributed by atoms with E-state index in [4.69, 9.17) is 4.74 Å². The Morgan fingerprint density at radius 1 is 0.980 bits per heavy atom. The average Bonchev–Trinajstić information content (AvgIpc) is 3.56. The van der Waals surface area contributed by atoms with Crippen molar-refractivity contribution in [3.05, 3.63) is 125 Å². The van der Waals surface area contributed by atoms with Crippen LogP contribution in [-0.4, -0.2) is 77.8 Å². The fourth-order valence-corrected chi connectivity index (χ4v) is 6.46. The highest BCUT2D eigenvalue weighted by molar-refractivity contribution is 6.05. The van der Waals surface area contributed by atoms with E-state index in [0.717, 1.165) is 18.2 Å². The maximum absolute atomic E-state index is 14.4. The van der Waals surface area contributed by atoms with Gasteiger partial charge < -0.3 is 15.4 Å². The lowest BCUT2D eigenvalue weighted by atomic mass is 9.80. The summed E-state index contributed by atoms with van der Waals surface area (Å²) >= 11 is 0. The van der Waals surface area contributed by atoms with E-state index in [2.05, 4.69) is 27.2 Å². The second-order valence-corrected chi connectivity index (χ2v) is 12.1. The number of nitrogens with zero attached hydrogens (tertiary/aromatic N) is 4. The minimum atomic E-state index is -4.66. The Labute approximate surface area is 287 Å². The second-order valence-electron chi connectivity index (χ2n) is 12.1. The zero-order chi connectivity index (χ0) is 35.4. The largest absolute Gasteiger partial charge is 0.416 e. The Balaban J connectivity index is 1.37. The lowest BCUT2D eigenvalue weighted by Gasteiger charge is -2.38. The molecule has 13 heteroatoms. The van der Waals surface area contributed by atoms with E-state index in [-0.39, 0.29) is 24.6 Å². The number of nitrogens with one attached hydrogen (secondary N) is 2. The zero-order valence-corrected chi connectivity index (χ0v) is 27.5. The molecule has 0 radical (unpaired) electrons. The van der Waals surface area contributed by atoms with E-state index in [1.165, 1.54) is 11.0 Å². The molecule has 3 amide bonds. The van der Waals surface area contributed by atoms with Gasteiger partial charge in [0.2, 0.25) is 5.91 Å². The number of amides is 3. The number of ether oxygens (including phenoxy) is 1. The number of aromatic nitrogens is 2. The predicted molar refractivity (Wildman–Crippen MR) is 181 cm³/mol. The molecule has 10 nitrogen and oxygen atoms in total.